The largest absolute Gasteiger partial charge is 0.393 e. The van der Waals surface area contributed by atoms with Gasteiger partial charge in [-0.05, 0) is 101 Å². The summed E-state index contributed by atoms with van der Waals surface area (Å²) in [4.78, 5) is 58.5. The number of amides is 4. The molecule has 4 aliphatic rings. The SMILES string of the molecule is CCN(CC)CCCNC(=O)C1C2CC(O)C(C2)C1C(=O)NC(=O)C1C2CC(CC2O)C1C(=O)NCCCN(CC)CC. The first-order valence-corrected chi connectivity index (χ1v) is 16.9. The summed E-state index contributed by atoms with van der Waals surface area (Å²) in [5.41, 5.74) is 0. The van der Waals surface area contributed by atoms with Crippen LogP contribution in [0.4, 0.5) is 0 Å². The van der Waals surface area contributed by atoms with Crippen LogP contribution in [0.15, 0.2) is 0 Å². The number of hydrogen-bond donors (Lipinski definition) is 5. The maximum Gasteiger partial charge on any atom is 0.230 e. The van der Waals surface area contributed by atoms with Crippen molar-refractivity contribution in [1.29, 1.82) is 0 Å². The molecule has 0 aromatic rings. The molecular formula is C32H55N5O6. The minimum Gasteiger partial charge on any atom is -0.393 e. The van der Waals surface area contributed by atoms with Gasteiger partial charge in [-0.1, -0.05) is 27.7 Å². The van der Waals surface area contributed by atoms with Gasteiger partial charge >= 0.3 is 0 Å². The van der Waals surface area contributed by atoms with Crippen LogP contribution in [0.3, 0.4) is 0 Å². The topological polar surface area (TPSA) is 151 Å². The summed E-state index contributed by atoms with van der Waals surface area (Å²) >= 11 is 0. The van der Waals surface area contributed by atoms with E-state index in [9.17, 15) is 29.4 Å². The van der Waals surface area contributed by atoms with Gasteiger partial charge in [-0.3, -0.25) is 24.5 Å². The Morgan fingerprint density at radius 1 is 0.581 bits per heavy atom. The molecule has 43 heavy (non-hydrogen) atoms. The molecule has 10 atom stereocenters. The zero-order valence-electron chi connectivity index (χ0n) is 26.6. The van der Waals surface area contributed by atoms with Gasteiger partial charge in [0.05, 0.1) is 35.9 Å². The molecule has 0 aromatic carbocycles. The van der Waals surface area contributed by atoms with Crippen molar-refractivity contribution in [3.63, 3.8) is 0 Å². The highest BCUT2D eigenvalue weighted by Crippen LogP contribution is 2.54. The lowest BCUT2D eigenvalue weighted by Crippen LogP contribution is -2.53. The molecule has 0 saturated heterocycles. The van der Waals surface area contributed by atoms with Gasteiger partial charge < -0.3 is 30.6 Å². The van der Waals surface area contributed by atoms with Crippen LogP contribution in [0.2, 0.25) is 0 Å². The maximum absolute atomic E-state index is 13.7. The summed E-state index contributed by atoms with van der Waals surface area (Å²) in [5, 5.41) is 29.8. The Bertz CT molecular complexity index is 911. The van der Waals surface area contributed by atoms with Crippen LogP contribution >= 0.6 is 0 Å². The van der Waals surface area contributed by atoms with E-state index in [4.69, 9.17) is 0 Å². The zero-order chi connectivity index (χ0) is 31.3. The van der Waals surface area contributed by atoms with Crippen LogP contribution in [0.1, 0.15) is 66.2 Å². The van der Waals surface area contributed by atoms with Crippen molar-refractivity contribution in [2.24, 2.45) is 47.3 Å². The molecule has 11 nitrogen and oxygen atoms in total. The third kappa shape index (κ3) is 7.43. The quantitative estimate of drug-likeness (QED) is 0.127. The van der Waals surface area contributed by atoms with E-state index < -0.39 is 47.7 Å². The first-order chi connectivity index (χ1) is 20.6. The fraction of sp³-hybridized carbons (Fsp3) is 0.875. The maximum atomic E-state index is 13.7. The highest BCUT2D eigenvalue weighted by atomic mass is 16.3. The number of fused-ring (bicyclic) bond motifs is 4. The van der Waals surface area contributed by atoms with Crippen LogP contribution in [0.25, 0.3) is 0 Å². The Labute approximate surface area is 256 Å². The molecule has 11 heteroatoms. The molecular weight excluding hydrogens is 550 g/mol. The second-order valence-electron chi connectivity index (χ2n) is 13.2. The van der Waals surface area contributed by atoms with E-state index in [-0.39, 0.29) is 35.5 Å². The Morgan fingerprint density at radius 2 is 0.953 bits per heavy atom. The molecule has 0 aliphatic heterocycles. The molecule has 5 N–H and O–H groups in total. The van der Waals surface area contributed by atoms with E-state index in [2.05, 4.69) is 53.4 Å². The van der Waals surface area contributed by atoms with Crippen LogP contribution < -0.4 is 16.0 Å². The fourth-order valence-electron chi connectivity index (χ4n) is 8.75. The van der Waals surface area contributed by atoms with Crippen molar-refractivity contribution < 1.29 is 29.4 Å². The predicted octanol–water partition coefficient (Wildman–Crippen LogP) is 0.592. The Balaban J connectivity index is 1.37. The van der Waals surface area contributed by atoms with E-state index in [0.717, 1.165) is 52.1 Å². The monoisotopic (exact) mass is 605 g/mol. The van der Waals surface area contributed by atoms with Gasteiger partial charge in [-0.25, -0.2) is 0 Å². The van der Waals surface area contributed by atoms with E-state index in [1.807, 2.05) is 0 Å². The standard InChI is InChI=1S/C32H55N5O6/c1-5-36(6-2)13-9-11-33-29(40)25-19-15-21(23(38)17-19)27(25)31(42)35-32(43)28-22-16-20(18-24(22)39)26(28)30(41)34-12-10-14-37(7-3)8-4/h19-28,38-39H,5-18H2,1-4H3,(H,33,40)(H,34,41)(H,35,42,43). The third-order valence-electron chi connectivity index (χ3n) is 11.1. The highest BCUT2D eigenvalue weighted by molar-refractivity contribution is 6.01. The van der Waals surface area contributed by atoms with Gasteiger partial charge in [0.25, 0.3) is 0 Å². The second-order valence-corrected chi connectivity index (χ2v) is 13.2. The normalized spacial score (nSPS) is 34.2. The van der Waals surface area contributed by atoms with Crippen molar-refractivity contribution in [3.8, 4) is 0 Å². The summed E-state index contributed by atoms with van der Waals surface area (Å²) < 4.78 is 0. The Kier molecular flexibility index (Phi) is 12.0. The summed E-state index contributed by atoms with van der Waals surface area (Å²) in [7, 11) is 0. The molecule has 4 saturated carbocycles. The van der Waals surface area contributed by atoms with E-state index in [0.29, 0.717) is 38.8 Å². The summed E-state index contributed by atoms with van der Waals surface area (Å²) in [5.74, 6) is -5.21. The first kappa shape index (κ1) is 33.8. The van der Waals surface area contributed by atoms with Crippen molar-refractivity contribution in [1.82, 2.24) is 25.8 Å². The van der Waals surface area contributed by atoms with Crippen LogP contribution in [-0.4, -0.2) is 108 Å². The van der Waals surface area contributed by atoms with Gasteiger partial charge in [0.1, 0.15) is 0 Å². The lowest BCUT2D eigenvalue weighted by molar-refractivity contribution is -0.147. The Hall–Kier alpha value is -2.08. The number of hydrogen-bond acceptors (Lipinski definition) is 8. The second kappa shape index (κ2) is 15.3. The summed E-state index contributed by atoms with van der Waals surface area (Å²) in [6.45, 7) is 15.0. The summed E-state index contributed by atoms with van der Waals surface area (Å²) in [6, 6.07) is 0. The van der Waals surface area contributed by atoms with Gasteiger partial charge in [-0.2, -0.15) is 0 Å². The molecule has 4 aliphatic carbocycles. The van der Waals surface area contributed by atoms with E-state index >= 15 is 0 Å². The van der Waals surface area contributed by atoms with Crippen molar-refractivity contribution in [2.75, 3.05) is 52.4 Å². The average molecular weight is 606 g/mol. The van der Waals surface area contributed by atoms with Gasteiger partial charge in [0.15, 0.2) is 0 Å². The van der Waals surface area contributed by atoms with Gasteiger partial charge in [0.2, 0.25) is 23.6 Å². The molecule has 0 spiro atoms. The molecule has 4 bridgehead atoms. The van der Waals surface area contributed by atoms with Crippen molar-refractivity contribution >= 4 is 23.6 Å². The van der Waals surface area contributed by atoms with Crippen LogP contribution in [0, 0.1) is 47.3 Å². The number of imide groups is 1. The number of carbonyl (C=O) groups is 4. The Morgan fingerprint density at radius 3 is 1.30 bits per heavy atom. The molecule has 244 valence electrons. The fourth-order valence-corrected chi connectivity index (χ4v) is 8.75. The van der Waals surface area contributed by atoms with Gasteiger partial charge in [0, 0.05) is 13.1 Å². The van der Waals surface area contributed by atoms with Gasteiger partial charge in [-0.15, -0.1) is 0 Å². The molecule has 10 unspecified atom stereocenters. The van der Waals surface area contributed by atoms with E-state index in [1.165, 1.54) is 0 Å². The zero-order valence-corrected chi connectivity index (χ0v) is 26.6. The first-order valence-electron chi connectivity index (χ1n) is 16.9. The molecule has 4 fully saturated rings. The lowest BCUT2D eigenvalue weighted by atomic mass is 9.75. The molecule has 0 radical (unpaired) electrons. The highest BCUT2D eigenvalue weighted by Gasteiger charge is 2.60. The number of aliphatic hydroxyl groups is 2. The predicted molar refractivity (Wildman–Crippen MR) is 162 cm³/mol. The molecule has 4 rings (SSSR count). The number of rotatable bonds is 16. The molecule has 0 aromatic heterocycles. The number of aliphatic hydroxyl groups excluding tert-OH is 2. The smallest absolute Gasteiger partial charge is 0.230 e. The van der Waals surface area contributed by atoms with Crippen molar-refractivity contribution in [3.05, 3.63) is 0 Å². The number of nitrogens with zero attached hydrogens (tertiary/aromatic N) is 2. The average Bonchev–Trinajstić information content (AvgIpc) is 3.75. The summed E-state index contributed by atoms with van der Waals surface area (Å²) in [6.07, 6.45) is 2.37. The minimum absolute atomic E-state index is 0.104. The molecule has 0 heterocycles. The van der Waals surface area contributed by atoms with E-state index in [1.54, 1.807) is 0 Å². The lowest BCUT2D eigenvalue weighted by Gasteiger charge is -2.34. The van der Waals surface area contributed by atoms with Crippen LogP contribution in [-0.2, 0) is 19.2 Å². The van der Waals surface area contributed by atoms with Crippen molar-refractivity contribution in [2.45, 2.75) is 78.4 Å². The minimum atomic E-state index is -0.795. The molecule has 4 amide bonds. The number of nitrogens with one attached hydrogen (secondary N) is 3. The van der Waals surface area contributed by atoms with Crippen LogP contribution in [0.5, 0.6) is 0 Å². The number of carbonyl (C=O) groups excluding carboxylic acids is 4. The third-order valence-corrected chi connectivity index (χ3v) is 11.1.